The highest BCUT2D eigenvalue weighted by Crippen LogP contribution is 2.30. The van der Waals surface area contributed by atoms with Crippen LogP contribution in [-0.4, -0.2) is 35.8 Å². The molecule has 130 valence electrons. The Kier molecular flexibility index (Phi) is 5.17. The van der Waals surface area contributed by atoms with Gasteiger partial charge in [0.25, 0.3) is 0 Å². The summed E-state index contributed by atoms with van der Waals surface area (Å²) in [6.07, 6.45) is 2.78. The second kappa shape index (κ2) is 6.95. The van der Waals surface area contributed by atoms with E-state index in [2.05, 4.69) is 21.3 Å². The SMILES string of the molecule is CC1CN(c2ccncc2N)CC(NC(=O)OC(C)(C)C)C1C#N. The van der Waals surface area contributed by atoms with Gasteiger partial charge in [-0.05, 0) is 32.8 Å². The molecule has 1 aliphatic heterocycles. The molecule has 24 heavy (non-hydrogen) atoms. The number of carbonyl (C=O) groups is 1. The number of nitrogens with two attached hydrogens (primary N) is 1. The third-order valence-corrected chi connectivity index (χ3v) is 3.99. The summed E-state index contributed by atoms with van der Waals surface area (Å²) in [5.74, 6) is -0.201. The molecular formula is C17H25N5O2. The molecule has 7 heteroatoms. The van der Waals surface area contributed by atoms with Crippen molar-refractivity contribution in [1.29, 1.82) is 5.26 Å². The van der Waals surface area contributed by atoms with E-state index >= 15 is 0 Å². The van der Waals surface area contributed by atoms with Crippen LogP contribution < -0.4 is 16.0 Å². The monoisotopic (exact) mass is 331 g/mol. The van der Waals surface area contributed by atoms with Crippen LogP contribution in [0.4, 0.5) is 16.2 Å². The van der Waals surface area contributed by atoms with E-state index in [4.69, 9.17) is 10.5 Å². The molecule has 1 aliphatic rings. The van der Waals surface area contributed by atoms with Crippen LogP contribution >= 0.6 is 0 Å². The lowest BCUT2D eigenvalue weighted by Crippen LogP contribution is -2.56. The number of nitrogen functional groups attached to an aromatic ring is 1. The van der Waals surface area contributed by atoms with Crippen molar-refractivity contribution in [2.45, 2.75) is 39.3 Å². The van der Waals surface area contributed by atoms with E-state index in [0.717, 1.165) is 5.69 Å². The normalized spacial score (nSPS) is 24.1. The van der Waals surface area contributed by atoms with Gasteiger partial charge in [0.05, 0.1) is 35.6 Å². The Morgan fingerprint density at radius 1 is 1.50 bits per heavy atom. The molecule has 3 unspecified atom stereocenters. The van der Waals surface area contributed by atoms with Crippen molar-refractivity contribution < 1.29 is 9.53 Å². The first-order valence-electron chi connectivity index (χ1n) is 8.05. The van der Waals surface area contributed by atoms with Crippen molar-refractivity contribution in [1.82, 2.24) is 10.3 Å². The molecule has 0 spiro atoms. The number of alkyl carbamates (subject to hydrolysis) is 1. The molecule has 0 saturated carbocycles. The van der Waals surface area contributed by atoms with E-state index < -0.39 is 11.7 Å². The van der Waals surface area contributed by atoms with Gasteiger partial charge < -0.3 is 20.7 Å². The fourth-order valence-electron chi connectivity index (χ4n) is 2.98. The zero-order valence-electron chi connectivity index (χ0n) is 14.6. The number of amides is 1. The number of nitrogens with zero attached hydrogens (tertiary/aromatic N) is 3. The van der Waals surface area contributed by atoms with Crippen molar-refractivity contribution in [2.24, 2.45) is 11.8 Å². The molecule has 7 nitrogen and oxygen atoms in total. The lowest BCUT2D eigenvalue weighted by atomic mass is 9.84. The van der Waals surface area contributed by atoms with Crippen LogP contribution in [0.25, 0.3) is 0 Å². The number of rotatable bonds is 2. The fraction of sp³-hybridized carbons (Fsp3) is 0.588. The van der Waals surface area contributed by atoms with Crippen molar-refractivity contribution >= 4 is 17.5 Å². The maximum absolute atomic E-state index is 12.1. The Bertz CT molecular complexity index is 635. The molecule has 0 aromatic carbocycles. The van der Waals surface area contributed by atoms with Crippen LogP contribution in [0.1, 0.15) is 27.7 Å². The Morgan fingerprint density at radius 2 is 2.21 bits per heavy atom. The van der Waals surface area contributed by atoms with Crippen LogP contribution in [0.3, 0.4) is 0 Å². The first-order valence-corrected chi connectivity index (χ1v) is 8.05. The summed E-state index contributed by atoms with van der Waals surface area (Å²) < 4.78 is 5.32. The van der Waals surface area contributed by atoms with Crippen LogP contribution in [0, 0.1) is 23.2 Å². The summed E-state index contributed by atoms with van der Waals surface area (Å²) in [4.78, 5) is 18.2. The first kappa shape index (κ1) is 17.9. The molecule has 1 saturated heterocycles. The lowest BCUT2D eigenvalue weighted by Gasteiger charge is -2.41. The molecule has 0 bridgehead atoms. The third kappa shape index (κ3) is 4.28. The number of anilines is 2. The number of carbonyl (C=O) groups excluding carboxylic acids is 1. The smallest absolute Gasteiger partial charge is 0.407 e. The van der Waals surface area contributed by atoms with Crippen molar-refractivity contribution in [3.63, 3.8) is 0 Å². The molecule has 3 N–H and O–H groups in total. The van der Waals surface area contributed by atoms with Gasteiger partial charge in [-0.1, -0.05) is 6.92 Å². The number of ether oxygens (including phenoxy) is 1. The Morgan fingerprint density at radius 3 is 2.79 bits per heavy atom. The van der Waals surface area contributed by atoms with Crippen molar-refractivity contribution in [3.8, 4) is 6.07 Å². The highest BCUT2D eigenvalue weighted by atomic mass is 16.6. The van der Waals surface area contributed by atoms with Gasteiger partial charge in [-0.15, -0.1) is 0 Å². The highest BCUT2D eigenvalue weighted by Gasteiger charge is 2.37. The van der Waals surface area contributed by atoms with Gasteiger partial charge >= 0.3 is 6.09 Å². The Hall–Kier alpha value is -2.49. The summed E-state index contributed by atoms with van der Waals surface area (Å²) in [6, 6.07) is 3.83. The number of hydrogen-bond donors (Lipinski definition) is 2. The largest absolute Gasteiger partial charge is 0.444 e. The van der Waals surface area contributed by atoms with Crippen molar-refractivity contribution in [3.05, 3.63) is 18.5 Å². The molecule has 2 rings (SSSR count). The number of piperidine rings is 1. The van der Waals surface area contributed by atoms with E-state index in [-0.39, 0.29) is 17.9 Å². The molecule has 1 aromatic rings. The number of pyridine rings is 1. The van der Waals surface area contributed by atoms with Gasteiger partial charge in [0.15, 0.2) is 0 Å². The maximum Gasteiger partial charge on any atom is 0.407 e. The van der Waals surface area contributed by atoms with E-state index in [9.17, 15) is 10.1 Å². The molecule has 3 atom stereocenters. The standard InChI is InChI=1S/C17H25N5O2/c1-11-9-22(15-5-6-20-8-13(15)19)10-14(12(11)7-18)21-16(23)24-17(2,3)4/h5-6,8,11-12,14H,9-10,19H2,1-4H3,(H,21,23). The van der Waals surface area contributed by atoms with Crippen LogP contribution in [0.2, 0.25) is 0 Å². The molecule has 1 amide bonds. The predicted molar refractivity (Wildman–Crippen MR) is 92.3 cm³/mol. The summed E-state index contributed by atoms with van der Waals surface area (Å²) in [5.41, 5.74) is 6.88. The molecular weight excluding hydrogens is 306 g/mol. The van der Waals surface area contributed by atoms with E-state index in [0.29, 0.717) is 18.8 Å². The van der Waals surface area contributed by atoms with E-state index in [1.165, 1.54) is 0 Å². The van der Waals surface area contributed by atoms with Crippen LogP contribution in [0.15, 0.2) is 18.5 Å². The molecule has 1 fully saturated rings. The predicted octanol–water partition coefficient (Wildman–Crippen LogP) is 2.15. The minimum atomic E-state index is -0.582. The minimum Gasteiger partial charge on any atom is -0.444 e. The Labute approximate surface area is 142 Å². The van der Waals surface area contributed by atoms with Crippen LogP contribution in [-0.2, 0) is 4.74 Å². The number of nitriles is 1. The van der Waals surface area contributed by atoms with Gasteiger partial charge in [0, 0.05) is 19.3 Å². The fourth-order valence-corrected chi connectivity index (χ4v) is 2.98. The molecule has 0 aliphatic carbocycles. The van der Waals surface area contributed by atoms with Crippen molar-refractivity contribution in [2.75, 3.05) is 23.7 Å². The van der Waals surface area contributed by atoms with Gasteiger partial charge in [-0.2, -0.15) is 5.26 Å². The van der Waals surface area contributed by atoms with E-state index in [1.54, 1.807) is 12.4 Å². The summed E-state index contributed by atoms with van der Waals surface area (Å²) in [5, 5.41) is 12.3. The average Bonchev–Trinajstić information content (AvgIpc) is 2.45. The van der Waals surface area contributed by atoms with Gasteiger partial charge in [-0.3, -0.25) is 4.98 Å². The van der Waals surface area contributed by atoms with Crippen LogP contribution in [0.5, 0.6) is 0 Å². The quantitative estimate of drug-likeness (QED) is 0.860. The summed E-state index contributed by atoms with van der Waals surface area (Å²) >= 11 is 0. The van der Waals surface area contributed by atoms with E-state index in [1.807, 2.05) is 33.8 Å². The summed E-state index contributed by atoms with van der Waals surface area (Å²) in [7, 11) is 0. The summed E-state index contributed by atoms with van der Waals surface area (Å²) in [6.45, 7) is 8.61. The second-order valence-corrected chi connectivity index (χ2v) is 7.22. The van der Waals surface area contributed by atoms with Gasteiger partial charge in [0.1, 0.15) is 5.60 Å². The zero-order valence-corrected chi connectivity index (χ0v) is 14.6. The number of nitrogens with one attached hydrogen (secondary N) is 1. The molecule has 2 heterocycles. The highest BCUT2D eigenvalue weighted by molar-refractivity contribution is 5.69. The minimum absolute atomic E-state index is 0.0799. The molecule has 1 aromatic heterocycles. The topological polar surface area (TPSA) is 104 Å². The van der Waals surface area contributed by atoms with Gasteiger partial charge in [0.2, 0.25) is 0 Å². The lowest BCUT2D eigenvalue weighted by molar-refractivity contribution is 0.0481. The average molecular weight is 331 g/mol. The molecule has 0 radical (unpaired) electrons. The zero-order chi connectivity index (χ0) is 17.9. The third-order valence-electron chi connectivity index (χ3n) is 3.99. The maximum atomic E-state index is 12.1. The first-order chi connectivity index (χ1) is 11.2. The van der Waals surface area contributed by atoms with Gasteiger partial charge in [-0.25, -0.2) is 4.79 Å². The second-order valence-electron chi connectivity index (χ2n) is 7.22. The number of hydrogen-bond acceptors (Lipinski definition) is 6. The Balaban J connectivity index is 2.17. The number of aromatic nitrogens is 1.